The van der Waals surface area contributed by atoms with Crippen molar-refractivity contribution in [2.75, 3.05) is 19.1 Å². The number of carbonyl (C=O) groups excluding carboxylic acids is 1. The largest absolute Gasteiger partial charge is 0.496 e. The van der Waals surface area contributed by atoms with E-state index in [2.05, 4.69) is 0 Å². The lowest BCUT2D eigenvalue weighted by molar-refractivity contribution is -0.124. The van der Waals surface area contributed by atoms with Crippen molar-refractivity contribution in [3.05, 3.63) is 23.3 Å². The smallest absolute Gasteiger partial charge is 0.229 e. The van der Waals surface area contributed by atoms with Crippen molar-refractivity contribution >= 4 is 11.6 Å². The fourth-order valence-corrected chi connectivity index (χ4v) is 2.62. The van der Waals surface area contributed by atoms with E-state index in [-0.39, 0.29) is 17.9 Å². The van der Waals surface area contributed by atoms with Gasteiger partial charge in [-0.05, 0) is 49.9 Å². The van der Waals surface area contributed by atoms with Crippen LogP contribution in [0.25, 0.3) is 0 Å². The van der Waals surface area contributed by atoms with Gasteiger partial charge in [-0.3, -0.25) is 4.79 Å². The molecule has 0 aliphatic heterocycles. The van der Waals surface area contributed by atoms with Gasteiger partial charge in [0.2, 0.25) is 5.91 Å². The molecule has 19 heavy (non-hydrogen) atoms. The number of hydrogen-bond acceptors (Lipinski definition) is 3. The van der Waals surface area contributed by atoms with Crippen LogP contribution in [0.4, 0.5) is 5.69 Å². The van der Waals surface area contributed by atoms with Crippen LogP contribution in [0.2, 0.25) is 0 Å². The Balaban J connectivity index is 2.22. The predicted molar refractivity (Wildman–Crippen MR) is 76.6 cm³/mol. The van der Waals surface area contributed by atoms with Gasteiger partial charge in [-0.1, -0.05) is 0 Å². The SMILES string of the molecule is COc1ccc(N(C)C(=O)C2CC(N)C2)c(C)c1C. The number of amides is 1. The number of anilines is 1. The van der Waals surface area contributed by atoms with Crippen LogP contribution in [0, 0.1) is 19.8 Å². The van der Waals surface area contributed by atoms with Crippen LogP contribution in [0.5, 0.6) is 5.75 Å². The van der Waals surface area contributed by atoms with Crippen molar-refractivity contribution in [2.45, 2.75) is 32.7 Å². The molecule has 0 bridgehead atoms. The Hall–Kier alpha value is -1.55. The highest BCUT2D eigenvalue weighted by molar-refractivity contribution is 5.96. The number of hydrogen-bond donors (Lipinski definition) is 1. The third-order valence-electron chi connectivity index (χ3n) is 4.14. The van der Waals surface area contributed by atoms with Crippen LogP contribution in [0.1, 0.15) is 24.0 Å². The molecule has 0 saturated heterocycles. The van der Waals surface area contributed by atoms with Crippen LogP contribution in [0.15, 0.2) is 12.1 Å². The molecule has 0 heterocycles. The number of rotatable bonds is 3. The van der Waals surface area contributed by atoms with Crippen LogP contribution in [0.3, 0.4) is 0 Å². The number of ether oxygens (including phenoxy) is 1. The van der Waals surface area contributed by atoms with E-state index in [4.69, 9.17) is 10.5 Å². The summed E-state index contributed by atoms with van der Waals surface area (Å²) < 4.78 is 5.29. The molecule has 0 atom stereocenters. The zero-order valence-electron chi connectivity index (χ0n) is 12.1. The molecule has 1 aromatic carbocycles. The zero-order valence-corrected chi connectivity index (χ0v) is 12.1. The topological polar surface area (TPSA) is 55.6 Å². The summed E-state index contributed by atoms with van der Waals surface area (Å²) in [4.78, 5) is 14.1. The van der Waals surface area contributed by atoms with Crippen molar-refractivity contribution in [2.24, 2.45) is 11.7 Å². The van der Waals surface area contributed by atoms with Gasteiger partial charge < -0.3 is 15.4 Å². The Kier molecular flexibility index (Phi) is 3.80. The first kappa shape index (κ1) is 13.9. The van der Waals surface area contributed by atoms with Crippen molar-refractivity contribution in [3.8, 4) is 5.75 Å². The maximum Gasteiger partial charge on any atom is 0.229 e. The second-order valence-corrected chi connectivity index (χ2v) is 5.36. The van der Waals surface area contributed by atoms with Crippen LogP contribution >= 0.6 is 0 Å². The molecular formula is C15H22N2O2. The normalized spacial score (nSPS) is 21.7. The van der Waals surface area contributed by atoms with Gasteiger partial charge in [0.1, 0.15) is 5.75 Å². The molecule has 104 valence electrons. The molecule has 0 unspecified atom stereocenters. The quantitative estimate of drug-likeness (QED) is 0.906. The number of methoxy groups -OCH3 is 1. The highest BCUT2D eigenvalue weighted by Crippen LogP contribution is 2.33. The highest BCUT2D eigenvalue weighted by Gasteiger charge is 2.34. The minimum absolute atomic E-state index is 0.0850. The van der Waals surface area contributed by atoms with Gasteiger partial charge in [0.15, 0.2) is 0 Å². The lowest BCUT2D eigenvalue weighted by Gasteiger charge is -2.34. The van der Waals surface area contributed by atoms with Crippen molar-refractivity contribution in [3.63, 3.8) is 0 Å². The number of nitrogens with zero attached hydrogens (tertiary/aromatic N) is 1. The summed E-state index contributed by atoms with van der Waals surface area (Å²) in [6.45, 7) is 4.03. The van der Waals surface area contributed by atoms with Gasteiger partial charge in [0.05, 0.1) is 7.11 Å². The first-order valence-corrected chi connectivity index (χ1v) is 6.63. The van der Waals surface area contributed by atoms with E-state index in [1.807, 2.05) is 33.0 Å². The monoisotopic (exact) mass is 262 g/mol. The molecule has 4 nitrogen and oxygen atoms in total. The first-order valence-electron chi connectivity index (χ1n) is 6.63. The maximum atomic E-state index is 12.3. The molecule has 4 heteroatoms. The molecule has 0 radical (unpaired) electrons. The summed E-state index contributed by atoms with van der Waals surface area (Å²) >= 11 is 0. The molecule has 1 aliphatic rings. The van der Waals surface area contributed by atoms with Crippen LogP contribution in [-0.2, 0) is 4.79 Å². The molecule has 1 saturated carbocycles. The first-order chi connectivity index (χ1) is 8.95. The average molecular weight is 262 g/mol. The fourth-order valence-electron chi connectivity index (χ4n) is 2.62. The average Bonchev–Trinajstić information content (AvgIpc) is 2.36. The van der Waals surface area contributed by atoms with Crippen molar-refractivity contribution < 1.29 is 9.53 Å². The van der Waals surface area contributed by atoms with Crippen molar-refractivity contribution in [1.82, 2.24) is 0 Å². The standard InChI is InChI=1S/C15H22N2O2/c1-9-10(2)14(19-4)6-5-13(9)17(3)15(18)11-7-12(16)8-11/h5-6,11-12H,7-8,16H2,1-4H3. The summed E-state index contributed by atoms with van der Waals surface area (Å²) in [6, 6.07) is 4.05. The minimum atomic E-state index is 0.0850. The summed E-state index contributed by atoms with van der Waals surface area (Å²) in [5.41, 5.74) is 8.85. The Morgan fingerprint density at radius 3 is 2.47 bits per heavy atom. The molecule has 0 spiro atoms. The maximum absolute atomic E-state index is 12.3. The molecule has 1 fully saturated rings. The fraction of sp³-hybridized carbons (Fsp3) is 0.533. The second kappa shape index (κ2) is 5.21. The van der Waals surface area contributed by atoms with Gasteiger partial charge in [0, 0.05) is 24.7 Å². The van der Waals surface area contributed by atoms with Crippen LogP contribution < -0.4 is 15.4 Å². The third kappa shape index (κ3) is 2.45. The summed E-state index contributed by atoms with van der Waals surface area (Å²) in [7, 11) is 3.49. The van der Waals surface area contributed by atoms with E-state index in [0.29, 0.717) is 0 Å². The Labute approximate surface area is 114 Å². The molecule has 1 aliphatic carbocycles. The van der Waals surface area contributed by atoms with E-state index in [0.717, 1.165) is 35.4 Å². The van der Waals surface area contributed by atoms with Gasteiger partial charge in [-0.2, -0.15) is 0 Å². The third-order valence-corrected chi connectivity index (χ3v) is 4.14. The minimum Gasteiger partial charge on any atom is -0.496 e. The Morgan fingerprint density at radius 1 is 1.32 bits per heavy atom. The van der Waals surface area contributed by atoms with E-state index in [1.54, 1.807) is 12.0 Å². The molecule has 2 N–H and O–H groups in total. The lowest BCUT2D eigenvalue weighted by Crippen LogP contribution is -2.45. The van der Waals surface area contributed by atoms with Gasteiger partial charge in [0.25, 0.3) is 0 Å². The van der Waals surface area contributed by atoms with E-state index in [1.165, 1.54) is 0 Å². The van der Waals surface area contributed by atoms with Gasteiger partial charge >= 0.3 is 0 Å². The summed E-state index contributed by atoms with van der Waals surface area (Å²) in [5, 5.41) is 0. The van der Waals surface area contributed by atoms with E-state index < -0.39 is 0 Å². The lowest BCUT2D eigenvalue weighted by atomic mass is 9.80. The number of benzene rings is 1. The molecule has 1 amide bonds. The molecule has 2 rings (SSSR count). The molecule has 0 aromatic heterocycles. The predicted octanol–water partition coefficient (Wildman–Crippen LogP) is 2.01. The Bertz CT molecular complexity index is 493. The zero-order chi connectivity index (χ0) is 14.2. The second-order valence-electron chi connectivity index (χ2n) is 5.36. The Morgan fingerprint density at radius 2 is 1.95 bits per heavy atom. The molecule has 1 aromatic rings. The molecular weight excluding hydrogens is 240 g/mol. The van der Waals surface area contributed by atoms with Crippen LogP contribution in [-0.4, -0.2) is 26.1 Å². The summed E-state index contributed by atoms with van der Waals surface area (Å²) in [5.74, 6) is 1.10. The summed E-state index contributed by atoms with van der Waals surface area (Å²) in [6.07, 6.45) is 1.61. The van der Waals surface area contributed by atoms with E-state index >= 15 is 0 Å². The number of carbonyl (C=O) groups is 1. The highest BCUT2D eigenvalue weighted by atomic mass is 16.5. The van der Waals surface area contributed by atoms with Gasteiger partial charge in [-0.15, -0.1) is 0 Å². The van der Waals surface area contributed by atoms with Crippen molar-refractivity contribution in [1.29, 1.82) is 0 Å². The van der Waals surface area contributed by atoms with E-state index in [9.17, 15) is 4.79 Å². The number of nitrogens with two attached hydrogens (primary N) is 1. The van der Waals surface area contributed by atoms with Gasteiger partial charge in [-0.25, -0.2) is 0 Å².